The molecule has 1 unspecified atom stereocenters. The molecule has 1 rings (SSSR count). The van der Waals surface area contributed by atoms with Crippen LogP contribution in [0, 0.1) is 5.92 Å². The second-order valence-electron chi connectivity index (χ2n) is 5.30. The summed E-state index contributed by atoms with van der Waals surface area (Å²) in [4.78, 5) is 11.3. The number of hydrogen-bond acceptors (Lipinski definition) is 2. The zero-order chi connectivity index (χ0) is 14.1. The fraction of sp³-hybridized carbons (Fsp3) is 0.562. The fourth-order valence-corrected chi connectivity index (χ4v) is 1.87. The summed E-state index contributed by atoms with van der Waals surface area (Å²) >= 11 is 0. The Balaban J connectivity index is 2.07. The molecule has 1 amide bonds. The molecule has 0 aromatic heterocycles. The average Bonchev–Trinajstić information content (AvgIpc) is 2.42. The van der Waals surface area contributed by atoms with E-state index in [1.807, 2.05) is 19.9 Å². The summed E-state index contributed by atoms with van der Waals surface area (Å²) in [5.41, 5.74) is 1.39. The van der Waals surface area contributed by atoms with Crippen molar-refractivity contribution in [2.24, 2.45) is 5.92 Å². The molecule has 0 radical (unpaired) electrons. The predicted octanol–water partition coefficient (Wildman–Crippen LogP) is 2.54. The van der Waals surface area contributed by atoms with Gasteiger partial charge in [-0.1, -0.05) is 51.1 Å². The lowest BCUT2D eigenvalue weighted by atomic mass is 9.98. The number of carbonyl (C=O) groups is 1. The highest BCUT2D eigenvalue weighted by Gasteiger charge is 2.05. The summed E-state index contributed by atoms with van der Waals surface area (Å²) in [6.07, 6.45) is 1.11. The third-order valence-electron chi connectivity index (χ3n) is 3.25. The number of carbonyl (C=O) groups excluding carboxylic acids is 1. The van der Waals surface area contributed by atoms with E-state index in [0.717, 1.165) is 19.5 Å². The fourth-order valence-electron chi connectivity index (χ4n) is 1.87. The second-order valence-corrected chi connectivity index (χ2v) is 5.30. The molecule has 106 valence electrons. The molecule has 1 aromatic rings. The summed E-state index contributed by atoms with van der Waals surface area (Å²) < 4.78 is 0. The molecule has 3 heteroatoms. The summed E-state index contributed by atoms with van der Waals surface area (Å²) in [7, 11) is 0. The second kappa shape index (κ2) is 8.70. The van der Waals surface area contributed by atoms with Gasteiger partial charge in [0.25, 0.3) is 0 Å². The van der Waals surface area contributed by atoms with Crippen molar-refractivity contribution in [1.82, 2.24) is 10.6 Å². The van der Waals surface area contributed by atoms with Crippen molar-refractivity contribution in [2.45, 2.75) is 33.1 Å². The van der Waals surface area contributed by atoms with Crippen LogP contribution in [0.15, 0.2) is 30.3 Å². The molecule has 19 heavy (non-hydrogen) atoms. The van der Waals surface area contributed by atoms with E-state index in [9.17, 15) is 4.79 Å². The Morgan fingerprint density at radius 2 is 1.74 bits per heavy atom. The number of hydrogen-bond donors (Lipinski definition) is 2. The van der Waals surface area contributed by atoms with Gasteiger partial charge in [-0.05, 0) is 24.4 Å². The van der Waals surface area contributed by atoms with Gasteiger partial charge < -0.3 is 10.6 Å². The van der Waals surface area contributed by atoms with E-state index in [1.54, 1.807) is 0 Å². The Hall–Kier alpha value is -1.35. The predicted molar refractivity (Wildman–Crippen MR) is 80.2 cm³/mol. The van der Waals surface area contributed by atoms with E-state index in [4.69, 9.17) is 0 Å². The molecule has 3 nitrogen and oxygen atoms in total. The van der Waals surface area contributed by atoms with Gasteiger partial charge in [0.2, 0.25) is 5.91 Å². The van der Waals surface area contributed by atoms with Crippen LogP contribution in [0.2, 0.25) is 0 Å². The van der Waals surface area contributed by atoms with Crippen molar-refractivity contribution in [3.8, 4) is 0 Å². The van der Waals surface area contributed by atoms with Gasteiger partial charge in [-0.15, -0.1) is 0 Å². The third-order valence-corrected chi connectivity index (χ3v) is 3.25. The minimum Gasteiger partial charge on any atom is -0.355 e. The van der Waals surface area contributed by atoms with Crippen LogP contribution in [-0.2, 0) is 4.79 Å². The van der Waals surface area contributed by atoms with Gasteiger partial charge in [0.1, 0.15) is 0 Å². The van der Waals surface area contributed by atoms with Crippen molar-refractivity contribution < 1.29 is 4.79 Å². The van der Waals surface area contributed by atoms with Crippen LogP contribution < -0.4 is 10.6 Å². The minimum atomic E-state index is 0.0677. The molecule has 0 aliphatic carbocycles. The Kier molecular flexibility index (Phi) is 7.19. The van der Waals surface area contributed by atoms with Crippen molar-refractivity contribution >= 4 is 5.91 Å². The van der Waals surface area contributed by atoms with Gasteiger partial charge in [0.05, 0.1) is 0 Å². The van der Waals surface area contributed by atoms with Crippen molar-refractivity contribution in [1.29, 1.82) is 0 Å². The molecule has 0 aliphatic rings. The molecule has 0 saturated carbocycles. The van der Waals surface area contributed by atoms with Crippen LogP contribution in [0.3, 0.4) is 0 Å². The SMILES string of the molecule is CC(C)C(=O)NCCNCCC(C)c1ccccc1. The first-order chi connectivity index (χ1) is 9.11. The maximum absolute atomic E-state index is 11.3. The molecule has 0 bridgehead atoms. The van der Waals surface area contributed by atoms with Crippen molar-refractivity contribution in [2.75, 3.05) is 19.6 Å². The van der Waals surface area contributed by atoms with Crippen molar-refractivity contribution in [3.05, 3.63) is 35.9 Å². The smallest absolute Gasteiger partial charge is 0.222 e. The molecule has 0 heterocycles. The number of nitrogens with one attached hydrogen (secondary N) is 2. The van der Waals surface area contributed by atoms with Gasteiger partial charge in [0, 0.05) is 19.0 Å². The zero-order valence-corrected chi connectivity index (χ0v) is 12.3. The molecule has 0 fully saturated rings. The first-order valence-electron chi connectivity index (χ1n) is 7.14. The van der Waals surface area contributed by atoms with Crippen LogP contribution >= 0.6 is 0 Å². The van der Waals surface area contributed by atoms with Crippen LogP contribution in [0.5, 0.6) is 0 Å². The highest BCUT2D eigenvalue weighted by molar-refractivity contribution is 5.77. The highest BCUT2D eigenvalue weighted by atomic mass is 16.1. The molecule has 1 aromatic carbocycles. The molecular formula is C16H26N2O. The van der Waals surface area contributed by atoms with E-state index in [0.29, 0.717) is 12.5 Å². The summed E-state index contributed by atoms with van der Waals surface area (Å²) in [5, 5.41) is 6.27. The van der Waals surface area contributed by atoms with E-state index < -0.39 is 0 Å². The van der Waals surface area contributed by atoms with E-state index >= 15 is 0 Å². The molecule has 0 spiro atoms. The molecule has 0 aliphatic heterocycles. The number of rotatable bonds is 8. The maximum atomic E-state index is 11.3. The van der Waals surface area contributed by atoms with Crippen molar-refractivity contribution in [3.63, 3.8) is 0 Å². The molecule has 0 saturated heterocycles. The Morgan fingerprint density at radius 1 is 1.05 bits per heavy atom. The first-order valence-corrected chi connectivity index (χ1v) is 7.14. The van der Waals surface area contributed by atoms with Crippen LogP contribution in [0.4, 0.5) is 0 Å². The Bertz CT molecular complexity index is 362. The standard InChI is InChI=1S/C16H26N2O/c1-13(2)16(19)18-12-11-17-10-9-14(3)15-7-5-4-6-8-15/h4-8,13-14,17H,9-12H2,1-3H3,(H,18,19). The highest BCUT2D eigenvalue weighted by Crippen LogP contribution is 2.17. The lowest BCUT2D eigenvalue weighted by molar-refractivity contribution is -0.123. The summed E-state index contributed by atoms with van der Waals surface area (Å²) in [5.74, 6) is 0.761. The first kappa shape index (κ1) is 15.7. The lowest BCUT2D eigenvalue weighted by Gasteiger charge is -2.13. The quantitative estimate of drug-likeness (QED) is 0.707. The van der Waals surface area contributed by atoms with E-state index in [-0.39, 0.29) is 11.8 Å². The lowest BCUT2D eigenvalue weighted by Crippen LogP contribution is -2.34. The summed E-state index contributed by atoms with van der Waals surface area (Å²) in [6, 6.07) is 10.6. The largest absolute Gasteiger partial charge is 0.355 e. The normalized spacial score (nSPS) is 12.4. The van der Waals surface area contributed by atoms with Gasteiger partial charge in [-0.2, -0.15) is 0 Å². The monoisotopic (exact) mass is 262 g/mol. The zero-order valence-electron chi connectivity index (χ0n) is 12.3. The molecular weight excluding hydrogens is 236 g/mol. The Morgan fingerprint density at radius 3 is 2.37 bits per heavy atom. The molecule has 1 atom stereocenters. The molecule has 2 N–H and O–H groups in total. The van der Waals surface area contributed by atoms with Gasteiger partial charge in [-0.25, -0.2) is 0 Å². The van der Waals surface area contributed by atoms with E-state index in [1.165, 1.54) is 5.56 Å². The van der Waals surface area contributed by atoms with Crippen LogP contribution in [0.25, 0.3) is 0 Å². The topological polar surface area (TPSA) is 41.1 Å². The van der Waals surface area contributed by atoms with Crippen LogP contribution in [0.1, 0.15) is 38.7 Å². The third kappa shape index (κ3) is 6.39. The Labute approximate surface area is 116 Å². The van der Waals surface area contributed by atoms with Gasteiger partial charge in [-0.3, -0.25) is 4.79 Å². The number of amides is 1. The summed E-state index contributed by atoms with van der Waals surface area (Å²) in [6.45, 7) is 8.58. The minimum absolute atomic E-state index is 0.0677. The number of benzene rings is 1. The maximum Gasteiger partial charge on any atom is 0.222 e. The van der Waals surface area contributed by atoms with E-state index in [2.05, 4.69) is 41.8 Å². The average molecular weight is 262 g/mol. The van der Waals surface area contributed by atoms with Gasteiger partial charge >= 0.3 is 0 Å². The van der Waals surface area contributed by atoms with Crippen LogP contribution in [-0.4, -0.2) is 25.5 Å². The van der Waals surface area contributed by atoms with Gasteiger partial charge in [0.15, 0.2) is 0 Å².